The van der Waals surface area contributed by atoms with E-state index in [0.29, 0.717) is 25.9 Å². The number of amides is 1. The van der Waals surface area contributed by atoms with Crippen molar-refractivity contribution < 1.29 is 18.0 Å². The number of carbonyl (C=O) groups excluding carboxylic acids is 1. The Hall–Kier alpha value is -2.55. The van der Waals surface area contributed by atoms with Crippen LogP contribution < -0.4 is 10.9 Å². The predicted octanol–water partition coefficient (Wildman–Crippen LogP) is 3.33. The number of carbonyl (C=O) groups is 1. The standard InChI is InChI=1S/C18H18ClF3N4O2/c1-2-15(27)25-7-6-12(10-25)24-14-9-23-26(17(28)16(14)19)13-5-3-4-11(8-13)18(20,21)22/h3-5,8-9,12,24H,2,6-7,10H2,1H3. The zero-order chi connectivity index (χ0) is 20.5. The van der Waals surface area contributed by atoms with E-state index in [0.717, 1.165) is 16.8 Å². The van der Waals surface area contributed by atoms with Crippen molar-refractivity contribution in [3.05, 3.63) is 51.4 Å². The Morgan fingerprint density at radius 3 is 2.82 bits per heavy atom. The minimum atomic E-state index is -4.53. The highest BCUT2D eigenvalue weighted by atomic mass is 35.5. The van der Waals surface area contributed by atoms with E-state index in [2.05, 4.69) is 10.4 Å². The molecule has 28 heavy (non-hydrogen) atoms. The van der Waals surface area contributed by atoms with Crippen LogP contribution in [0.2, 0.25) is 5.02 Å². The number of nitrogens with zero attached hydrogens (tertiary/aromatic N) is 3. The molecule has 10 heteroatoms. The maximum absolute atomic E-state index is 12.9. The summed E-state index contributed by atoms with van der Waals surface area (Å²) in [6.07, 6.45) is -2.12. The monoisotopic (exact) mass is 414 g/mol. The van der Waals surface area contributed by atoms with Crippen LogP contribution >= 0.6 is 11.6 Å². The summed E-state index contributed by atoms with van der Waals surface area (Å²) in [5.74, 6) is 0.0495. The molecule has 6 nitrogen and oxygen atoms in total. The third-order valence-electron chi connectivity index (χ3n) is 4.54. The summed E-state index contributed by atoms with van der Waals surface area (Å²) in [6, 6.07) is 4.21. The summed E-state index contributed by atoms with van der Waals surface area (Å²) in [5, 5.41) is 6.87. The first-order chi connectivity index (χ1) is 13.2. The van der Waals surface area contributed by atoms with Gasteiger partial charge in [-0.3, -0.25) is 9.59 Å². The summed E-state index contributed by atoms with van der Waals surface area (Å²) in [7, 11) is 0. The van der Waals surface area contributed by atoms with Crippen molar-refractivity contribution in [1.29, 1.82) is 0 Å². The highest BCUT2D eigenvalue weighted by Crippen LogP contribution is 2.30. The zero-order valence-electron chi connectivity index (χ0n) is 15.0. The quantitative estimate of drug-likeness (QED) is 0.833. The number of benzene rings is 1. The molecule has 3 rings (SSSR count). The van der Waals surface area contributed by atoms with Crippen LogP contribution in [0, 0.1) is 0 Å². The van der Waals surface area contributed by atoms with E-state index in [1.807, 2.05) is 0 Å². The van der Waals surface area contributed by atoms with Gasteiger partial charge in [-0.25, -0.2) is 0 Å². The van der Waals surface area contributed by atoms with Gasteiger partial charge in [-0.15, -0.1) is 0 Å². The number of rotatable bonds is 4. The molecule has 1 aromatic carbocycles. The Bertz CT molecular complexity index is 945. The molecular weight excluding hydrogens is 397 g/mol. The molecule has 0 saturated carbocycles. The van der Waals surface area contributed by atoms with Gasteiger partial charge in [-0.05, 0) is 24.6 Å². The van der Waals surface area contributed by atoms with E-state index in [9.17, 15) is 22.8 Å². The number of halogens is 4. The lowest BCUT2D eigenvalue weighted by Gasteiger charge is -2.18. The van der Waals surface area contributed by atoms with Crippen LogP contribution in [0.25, 0.3) is 5.69 Å². The number of anilines is 1. The van der Waals surface area contributed by atoms with Crippen LogP contribution in [0.15, 0.2) is 35.3 Å². The van der Waals surface area contributed by atoms with E-state index in [1.54, 1.807) is 11.8 Å². The number of alkyl halides is 3. The average Bonchev–Trinajstić information content (AvgIpc) is 3.13. The highest BCUT2D eigenvalue weighted by molar-refractivity contribution is 6.33. The first-order valence-corrected chi connectivity index (χ1v) is 9.08. The Kier molecular flexibility index (Phi) is 5.64. The van der Waals surface area contributed by atoms with Crippen molar-refractivity contribution in [3.63, 3.8) is 0 Å². The summed E-state index contributed by atoms with van der Waals surface area (Å²) in [5.41, 5.74) is -1.37. The molecule has 2 aromatic rings. The van der Waals surface area contributed by atoms with Gasteiger partial charge in [-0.2, -0.15) is 23.0 Å². The summed E-state index contributed by atoms with van der Waals surface area (Å²) < 4.78 is 39.5. The molecule has 2 heterocycles. The number of aromatic nitrogens is 2. The number of likely N-dealkylation sites (tertiary alicyclic amines) is 1. The van der Waals surface area contributed by atoms with Crippen molar-refractivity contribution in [2.75, 3.05) is 18.4 Å². The van der Waals surface area contributed by atoms with Gasteiger partial charge in [0.15, 0.2) is 0 Å². The van der Waals surface area contributed by atoms with Crippen LogP contribution in [0.5, 0.6) is 0 Å². The van der Waals surface area contributed by atoms with E-state index in [1.165, 1.54) is 18.3 Å². The Balaban J connectivity index is 1.83. The molecular formula is C18H18ClF3N4O2. The molecule has 1 aliphatic heterocycles. The number of hydrogen-bond donors (Lipinski definition) is 1. The fraction of sp³-hybridized carbons (Fsp3) is 0.389. The average molecular weight is 415 g/mol. The maximum atomic E-state index is 12.9. The maximum Gasteiger partial charge on any atom is 0.416 e. The Morgan fingerprint density at radius 2 is 2.14 bits per heavy atom. The topological polar surface area (TPSA) is 67.2 Å². The molecule has 1 amide bonds. The second kappa shape index (κ2) is 7.83. The summed E-state index contributed by atoms with van der Waals surface area (Å²) >= 11 is 6.14. The van der Waals surface area contributed by atoms with Crippen LogP contribution in [0.3, 0.4) is 0 Å². The second-order valence-electron chi connectivity index (χ2n) is 6.46. The normalized spacial score (nSPS) is 17.0. The molecule has 0 spiro atoms. The molecule has 0 radical (unpaired) electrons. The molecule has 1 fully saturated rings. The molecule has 1 aliphatic rings. The van der Waals surface area contributed by atoms with Crippen LogP contribution in [-0.2, 0) is 11.0 Å². The molecule has 1 atom stereocenters. The first kappa shape index (κ1) is 20.2. The van der Waals surface area contributed by atoms with Crippen molar-refractivity contribution in [1.82, 2.24) is 14.7 Å². The van der Waals surface area contributed by atoms with Crippen molar-refractivity contribution in [2.45, 2.75) is 32.0 Å². The lowest BCUT2D eigenvalue weighted by atomic mass is 10.2. The van der Waals surface area contributed by atoms with Gasteiger partial charge in [0.25, 0.3) is 5.56 Å². The molecule has 0 bridgehead atoms. The SMILES string of the molecule is CCC(=O)N1CCC(Nc2cnn(-c3cccc(C(F)(F)F)c3)c(=O)c2Cl)C1. The Morgan fingerprint density at radius 1 is 1.39 bits per heavy atom. The predicted molar refractivity (Wildman–Crippen MR) is 98.7 cm³/mol. The van der Waals surface area contributed by atoms with Crippen LogP contribution in [-0.4, -0.2) is 39.7 Å². The van der Waals surface area contributed by atoms with Gasteiger partial charge in [0, 0.05) is 25.6 Å². The van der Waals surface area contributed by atoms with Gasteiger partial charge in [0.1, 0.15) is 5.02 Å². The number of nitrogens with one attached hydrogen (secondary N) is 1. The molecule has 0 aliphatic carbocycles. The molecule has 1 N–H and O–H groups in total. The largest absolute Gasteiger partial charge is 0.416 e. The molecule has 1 aromatic heterocycles. The van der Waals surface area contributed by atoms with Crippen LogP contribution in [0.1, 0.15) is 25.3 Å². The molecule has 1 unspecified atom stereocenters. The smallest absolute Gasteiger partial charge is 0.378 e. The lowest BCUT2D eigenvalue weighted by Crippen LogP contribution is -2.31. The third kappa shape index (κ3) is 4.14. The van der Waals surface area contributed by atoms with Gasteiger partial charge in [0.05, 0.1) is 23.1 Å². The Labute approximate surface area is 163 Å². The van der Waals surface area contributed by atoms with E-state index >= 15 is 0 Å². The second-order valence-corrected chi connectivity index (χ2v) is 6.84. The fourth-order valence-corrected chi connectivity index (χ4v) is 3.26. The van der Waals surface area contributed by atoms with Crippen molar-refractivity contribution >= 4 is 23.2 Å². The van der Waals surface area contributed by atoms with Crippen molar-refractivity contribution in [2.24, 2.45) is 0 Å². The minimum Gasteiger partial charge on any atom is -0.378 e. The third-order valence-corrected chi connectivity index (χ3v) is 4.91. The minimum absolute atomic E-state index is 0.0335. The molecule has 150 valence electrons. The first-order valence-electron chi connectivity index (χ1n) is 8.70. The van der Waals surface area contributed by atoms with Gasteiger partial charge in [0.2, 0.25) is 5.91 Å². The van der Waals surface area contributed by atoms with E-state index in [4.69, 9.17) is 11.6 Å². The molecule has 1 saturated heterocycles. The number of hydrogen-bond acceptors (Lipinski definition) is 4. The van der Waals surface area contributed by atoms with Crippen LogP contribution in [0.4, 0.5) is 18.9 Å². The fourth-order valence-electron chi connectivity index (χ4n) is 3.08. The zero-order valence-corrected chi connectivity index (χ0v) is 15.7. The van der Waals surface area contributed by atoms with Crippen molar-refractivity contribution in [3.8, 4) is 5.69 Å². The summed E-state index contributed by atoms with van der Waals surface area (Å²) in [6.45, 7) is 2.88. The van der Waals surface area contributed by atoms with Gasteiger partial charge in [-0.1, -0.05) is 24.6 Å². The summed E-state index contributed by atoms with van der Waals surface area (Å²) in [4.78, 5) is 26.0. The van der Waals surface area contributed by atoms with Gasteiger partial charge < -0.3 is 10.2 Å². The van der Waals surface area contributed by atoms with E-state index in [-0.39, 0.29) is 28.3 Å². The van der Waals surface area contributed by atoms with E-state index < -0.39 is 17.3 Å². The highest BCUT2D eigenvalue weighted by Gasteiger charge is 2.31. The lowest BCUT2D eigenvalue weighted by molar-refractivity contribution is -0.137. The van der Waals surface area contributed by atoms with Gasteiger partial charge >= 0.3 is 6.18 Å².